The Kier molecular flexibility index (Phi) is 2.52. The van der Waals surface area contributed by atoms with Crippen molar-refractivity contribution in [1.29, 1.82) is 0 Å². The van der Waals surface area contributed by atoms with E-state index >= 15 is 0 Å². The van der Waals surface area contributed by atoms with Gasteiger partial charge in [0.05, 0.1) is 5.39 Å². The molecule has 90 valence electrons. The molecule has 0 saturated heterocycles. The van der Waals surface area contributed by atoms with E-state index in [0.717, 1.165) is 21.3 Å². The highest BCUT2D eigenvalue weighted by atomic mass is 32.1. The van der Waals surface area contributed by atoms with Crippen LogP contribution in [0.3, 0.4) is 0 Å². The lowest BCUT2D eigenvalue weighted by Gasteiger charge is -2.05. The summed E-state index contributed by atoms with van der Waals surface area (Å²) < 4.78 is 0. The van der Waals surface area contributed by atoms with E-state index < -0.39 is 0 Å². The Morgan fingerprint density at radius 2 is 1.89 bits per heavy atom. The minimum Gasteiger partial charge on any atom is -0.383 e. The number of thiophene rings is 1. The van der Waals surface area contributed by atoms with Crippen LogP contribution in [0.5, 0.6) is 0 Å². The monoisotopic (exact) mass is 255 g/mol. The Hall–Kier alpha value is -1.94. The molecule has 3 rings (SSSR count). The number of hydrogen-bond acceptors (Lipinski definition) is 4. The lowest BCUT2D eigenvalue weighted by atomic mass is 10.1. The minimum atomic E-state index is 0.558. The fourth-order valence-corrected chi connectivity index (χ4v) is 2.90. The highest BCUT2D eigenvalue weighted by Crippen LogP contribution is 2.30. The third-order valence-electron chi connectivity index (χ3n) is 2.93. The zero-order valence-electron chi connectivity index (χ0n) is 10.3. The van der Waals surface area contributed by atoms with Crippen molar-refractivity contribution in [1.82, 2.24) is 9.97 Å². The van der Waals surface area contributed by atoms with Crippen molar-refractivity contribution in [2.75, 3.05) is 5.73 Å². The highest BCUT2D eigenvalue weighted by molar-refractivity contribution is 7.18. The van der Waals surface area contributed by atoms with Crippen LogP contribution >= 0.6 is 11.3 Å². The molecule has 0 radical (unpaired) electrons. The number of nitrogen functional groups attached to an aromatic ring is 1. The average molecular weight is 255 g/mol. The molecule has 4 heteroatoms. The number of hydrogen-bond donors (Lipinski definition) is 1. The second-order valence-electron chi connectivity index (χ2n) is 4.32. The van der Waals surface area contributed by atoms with E-state index in [9.17, 15) is 0 Å². The van der Waals surface area contributed by atoms with Crippen LogP contribution in [0, 0.1) is 13.8 Å². The molecule has 1 aromatic carbocycles. The van der Waals surface area contributed by atoms with E-state index in [1.165, 1.54) is 4.88 Å². The van der Waals surface area contributed by atoms with Crippen molar-refractivity contribution in [2.24, 2.45) is 0 Å². The molecule has 2 aromatic heterocycles. The standard InChI is InChI=1S/C14H13N3S/c1-8-5-3-4-6-10(8)13-16-12(15)11-7-9(2)18-14(11)17-13/h3-7H,1-2H3,(H2,15,16,17). The zero-order valence-corrected chi connectivity index (χ0v) is 11.1. The summed E-state index contributed by atoms with van der Waals surface area (Å²) in [7, 11) is 0. The number of nitrogens with zero attached hydrogens (tertiary/aromatic N) is 2. The molecule has 0 bridgehead atoms. The Bertz CT molecular complexity index is 731. The van der Waals surface area contributed by atoms with Crippen LogP contribution in [-0.4, -0.2) is 9.97 Å². The molecule has 0 aliphatic heterocycles. The van der Waals surface area contributed by atoms with E-state index in [0.29, 0.717) is 11.6 Å². The summed E-state index contributed by atoms with van der Waals surface area (Å²) in [5, 5.41) is 0.954. The number of fused-ring (bicyclic) bond motifs is 1. The molecule has 0 unspecified atom stereocenters. The predicted octanol–water partition coefficient (Wildman–Crippen LogP) is 3.56. The Labute approximate surface area is 109 Å². The first-order chi connectivity index (χ1) is 8.65. The lowest BCUT2D eigenvalue weighted by molar-refractivity contribution is 1.23. The summed E-state index contributed by atoms with van der Waals surface area (Å²) in [4.78, 5) is 11.2. The first-order valence-corrected chi connectivity index (χ1v) is 6.56. The van der Waals surface area contributed by atoms with Crippen LogP contribution in [-0.2, 0) is 0 Å². The number of benzene rings is 1. The molecule has 0 amide bonds. The lowest BCUT2D eigenvalue weighted by Crippen LogP contribution is -1.97. The van der Waals surface area contributed by atoms with Crippen LogP contribution in [0.15, 0.2) is 30.3 Å². The number of aromatic nitrogens is 2. The van der Waals surface area contributed by atoms with E-state index in [1.807, 2.05) is 24.3 Å². The number of anilines is 1. The maximum Gasteiger partial charge on any atom is 0.163 e. The van der Waals surface area contributed by atoms with Gasteiger partial charge in [0.25, 0.3) is 0 Å². The van der Waals surface area contributed by atoms with Crippen LogP contribution in [0.1, 0.15) is 10.4 Å². The first kappa shape index (κ1) is 11.2. The van der Waals surface area contributed by atoms with Crippen molar-refractivity contribution in [3.8, 4) is 11.4 Å². The van der Waals surface area contributed by atoms with Gasteiger partial charge in [-0.15, -0.1) is 11.3 Å². The van der Waals surface area contributed by atoms with Crippen LogP contribution in [0.4, 0.5) is 5.82 Å². The largest absolute Gasteiger partial charge is 0.383 e. The SMILES string of the molecule is Cc1cc2c(N)nc(-c3ccccc3C)nc2s1. The second kappa shape index (κ2) is 4.07. The molecular weight excluding hydrogens is 242 g/mol. The first-order valence-electron chi connectivity index (χ1n) is 5.75. The summed E-state index contributed by atoms with van der Waals surface area (Å²) in [5.74, 6) is 1.27. The van der Waals surface area contributed by atoms with Crippen LogP contribution in [0.25, 0.3) is 21.6 Å². The molecule has 0 spiro atoms. The summed E-state index contributed by atoms with van der Waals surface area (Å²) in [5.41, 5.74) is 8.21. The van der Waals surface area contributed by atoms with Gasteiger partial charge in [0, 0.05) is 10.4 Å². The smallest absolute Gasteiger partial charge is 0.163 e. The molecule has 3 aromatic rings. The van der Waals surface area contributed by atoms with Gasteiger partial charge >= 0.3 is 0 Å². The van der Waals surface area contributed by atoms with Gasteiger partial charge in [-0.1, -0.05) is 24.3 Å². The highest BCUT2D eigenvalue weighted by Gasteiger charge is 2.10. The van der Waals surface area contributed by atoms with Gasteiger partial charge in [-0.25, -0.2) is 9.97 Å². The molecular formula is C14H13N3S. The zero-order chi connectivity index (χ0) is 12.7. The van der Waals surface area contributed by atoms with Gasteiger partial charge in [0.2, 0.25) is 0 Å². The summed E-state index contributed by atoms with van der Waals surface area (Å²) in [6, 6.07) is 10.1. The topological polar surface area (TPSA) is 51.8 Å². The van der Waals surface area contributed by atoms with Crippen LogP contribution in [0.2, 0.25) is 0 Å². The second-order valence-corrected chi connectivity index (χ2v) is 5.56. The van der Waals surface area contributed by atoms with Gasteiger partial charge in [-0.05, 0) is 25.5 Å². The van der Waals surface area contributed by atoms with Gasteiger partial charge in [0.1, 0.15) is 10.6 Å². The van der Waals surface area contributed by atoms with E-state index in [2.05, 4.69) is 29.9 Å². The minimum absolute atomic E-state index is 0.558. The summed E-state index contributed by atoms with van der Waals surface area (Å²) >= 11 is 1.65. The molecule has 0 saturated carbocycles. The van der Waals surface area contributed by atoms with Gasteiger partial charge in [0.15, 0.2) is 5.82 Å². The Balaban J connectivity index is 2.28. The fraction of sp³-hybridized carbons (Fsp3) is 0.143. The van der Waals surface area contributed by atoms with E-state index in [4.69, 9.17) is 5.73 Å². The van der Waals surface area contributed by atoms with Gasteiger partial charge in [-0.2, -0.15) is 0 Å². The quantitative estimate of drug-likeness (QED) is 0.723. The normalized spacial score (nSPS) is 11.0. The van der Waals surface area contributed by atoms with E-state index in [-0.39, 0.29) is 0 Å². The van der Waals surface area contributed by atoms with Crippen molar-refractivity contribution in [3.05, 3.63) is 40.8 Å². The van der Waals surface area contributed by atoms with Gasteiger partial charge in [-0.3, -0.25) is 0 Å². The maximum absolute atomic E-state index is 6.01. The Morgan fingerprint density at radius 1 is 1.11 bits per heavy atom. The molecule has 3 nitrogen and oxygen atoms in total. The molecule has 0 aliphatic carbocycles. The molecule has 18 heavy (non-hydrogen) atoms. The molecule has 2 heterocycles. The van der Waals surface area contributed by atoms with Crippen molar-refractivity contribution >= 4 is 27.4 Å². The number of aryl methyl sites for hydroxylation is 2. The molecule has 2 N–H and O–H groups in total. The van der Waals surface area contributed by atoms with Gasteiger partial charge < -0.3 is 5.73 Å². The molecule has 0 fully saturated rings. The summed E-state index contributed by atoms with van der Waals surface area (Å²) in [6.45, 7) is 4.11. The Morgan fingerprint density at radius 3 is 2.67 bits per heavy atom. The van der Waals surface area contributed by atoms with Crippen LogP contribution < -0.4 is 5.73 Å². The van der Waals surface area contributed by atoms with Crippen molar-refractivity contribution in [2.45, 2.75) is 13.8 Å². The van der Waals surface area contributed by atoms with E-state index in [1.54, 1.807) is 11.3 Å². The molecule has 0 atom stereocenters. The average Bonchev–Trinajstić information content (AvgIpc) is 2.71. The third-order valence-corrected chi connectivity index (χ3v) is 3.88. The number of nitrogens with two attached hydrogens (primary N) is 1. The predicted molar refractivity (Wildman–Crippen MR) is 76.7 cm³/mol. The summed E-state index contributed by atoms with van der Waals surface area (Å²) in [6.07, 6.45) is 0. The fourth-order valence-electron chi connectivity index (χ4n) is 2.01. The van der Waals surface area contributed by atoms with Crippen molar-refractivity contribution in [3.63, 3.8) is 0 Å². The van der Waals surface area contributed by atoms with Crippen molar-refractivity contribution < 1.29 is 0 Å². The maximum atomic E-state index is 6.01. The third kappa shape index (κ3) is 1.75. The number of rotatable bonds is 1. The molecule has 0 aliphatic rings.